The molecule has 2 rings (SSSR count). The molecule has 1 aliphatic heterocycles. The average molecular weight is 293 g/mol. The third-order valence-corrected chi connectivity index (χ3v) is 3.25. The van der Waals surface area contributed by atoms with E-state index in [0.29, 0.717) is 0 Å². The van der Waals surface area contributed by atoms with Gasteiger partial charge in [-0.05, 0) is 34.0 Å². The van der Waals surface area contributed by atoms with Crippen LogP contribution >= 0.6 is 0 Å². The second-order valence-electron chi connectivity index (χ2n) is 5.21. The Morgan fingerprint density at radius 2 is 2.05 bits per heavy atom. The van der Waals surface area contributed by atoms with Crippen molar-refractivity contribution in [2.45, 2.75) is 19.9 Å². The SMILES string of the molecule is CN1CCCN(C(=N)N)CC1.CNCc1cnc(C)cn1. The van der Waals surface area contributed by atoms with Gasteiger partial charge >= 0.3 is 0 Å². The molecule has 118 valence electrons. The highest BCUT2D eigenvalue weighted by Gasteiger charge is 2.11. The molecule has 1 aromatic heterocycles. The molecule has 21 heavy (non-hydrogen) atoms. The van der Waals surface area contributed by atoms with Crippen LogP contribution in [0.25, 0.3) is 0 Å². The van der Waals surface area contributed by atoms with Gasteiger partial charge in [-0.3, -0.25) is 15.4 Å². The predicted octanol–water partition coefficient (Wildman–Crippen LogP) is 0.0218. The van der Waals surface area contributed by atoms with Crippen molar-refractivity contribution in [2.75, 3.05) is 40.3 Å². The molecule has 0 spiro atoms. The number of nitrogens with two attached hydrogens (primary N) is 1. The molecule has 0 saturated carbocycles. The molecule has 0 aromatic carbocycles. The first kappa shape index (κ1) is 17.3. The fourth-order valence-electron chi connectivity index (χ4n) is 1.98. The molecule has 1 aromatic rings. The minimum Gasteiger partial charge on any atom is -0.370 e. The van der Waals surface area contributed by atoms with Gasteiger partial charge in [-0.1, -0.05) is 0 Å². The van der Waals surface area contributed by atoms with Crippen molar-refractivity contribution in [2.24, 2.45) is 5.73 Å². The molecular formula is C14H27N7. The van der Waals surface area contributed by atoms with E-state index >= 15 is 0 Å². The summed E-state index contributed by atoms with van der Waals surface area (Å²) < 4.78 is 0. The topological polar surface area (TPSA) is 94.2 Å². The van der Waals surface area contributed by atoms with E-state index < -0.39 is 0 Å². The second kappa shape index (κ2) is 9.25. The third-order valence-electron chi connectivity index (χ3n) is 3.25. The van der Waals surface area contributed by atoms with Crippen LogP contribution < -0.4 is 11.1 Å². The first-order valence-electron chi connectivity index (χ1n) is 7.22. The van der Waals surface area contributed by atoms with Crippen molar-refractivity contribution in [1.82, 2.24) is 25.1 Å². The van der Waals surface area contributed by atoms with E-state index in [1.807, 2.05) is 18.9 Å². The van der Waals surface area contributed by atoms with Crippen LogP contribution in [-0.2, 0) is 6.54 Å². The molecule has 1 saturated heterocycles. The highest BCUT2D eigenvalue weighted by molar-refractivity contribution is 5.74. The van der Waals surface area contributed by atoms with Gasteiger partial charge in [-0.15, -0.1) is 0 Å². The molecule has 0 amide bonds. The number of hydrogen-bond acceptors (Lipinski definition) is 5. The lowest BCUT2D eigenvalue weighted by atomic mass is 10.4. The number of aryl methyl sites for hydroxylation is 1. The maximum absolute atomic E-state index is 7.24. The molecule has 0 aliphatic carbocycles. The number of aromatic nitrogens is 2. The maximum Gasteiger partial charge on any atom is 0.188 e. The Labute approximate surface area is 127 Å². The van der Waals surface area contributed by atoms with Gasteiger partial charge < -0.3 is 20.9 Å². The molecule has 2 heterocycles. The lowest BCUT2D eigenvalue weighted by Gasteiger charge is -2.19. The number of nitrogens with zero attached hydrogens (tertiary/aromatic N) is 4. The fraction of sp³-hybridized carbons (Fsp3) is 0.643. The molecule has 0 atom stereocenters. The summed E-state index contributed by atoms with van der Waals surface area (Å²) in [6.07, 6.45) is 4.66. The Morgan fingerprint density at radius 3 is 2.62 bits per heavy atom. The Kier molecular flexibility index (Phi) is 7.63. The molecule has 7 nitrogen and oxygen atoms in total. The summed E-state index contributed by atoms with van der Waals surface area (Å²) in [4.78, 5) is 12.4. The van der Waals surface area contributed by atoms with Crippen LogP contribution in [0.15, 0.2) is 12.4 Å². The van der Waals surface area contributed by atoms with Crippen molar-refractivity contribution in [3.63, 3.8) is 0 Å². The summed E-state index contributed by atoms with van der Waals surface area (Å²) in [5.74, 6) is 0.209. The molecule has 1 aliphatic rings. The van der Waals surface area contributed by atoms with Crippen molar-refractivity contribution >= 4 is 5.96 Å². The van der Waals surface area contributed by atoms with E-state index in [1.165, 1.54) is 0 Å². The number of hydrogen-bond donors (Lipinski definition) is 3. The summed E-state index contributed by atoms with van der Waals surface area (Å²) in [6, 6.07) is 0. The van der Waals surface area contributed by atoms with Crippen LogP contribution in [0.4, 0.5) is 0 Å². The van der Waals surface area contributed by atoms with E-state index in [9.17, 15) is 0 Å². The zero-order valence-corrected chi connectivity index (χ0v) is 13.3. The monoisotopic (exact) mass is 293 g/mol. The molecule has 7 heteroatoms. The lowest BCUT2D eigenvalue weighted by Crippen LogP contribution is -2.38. The van der Waals surface area contributed by atoms with Gasteiger partial charge in [0.2, 0.25) is 0 Å². The zero-order valence-electron chi connectivity index (χ0n) is 13.3. The van der Waals surface area contributed by atoms with Crippen LogP contribution in [0.1, 0.15) is 17.8 Å². The maximum atomic E-state index is 7.24. The summed E-state index contributed by atoms with van der Waals surface area (Å²) >= 11 is 0. The van der Waals surface area contributed by atoms with E-state index in [4.69, 9.17) is 11.1 Å². The normalized spacial score (nSPS) is 15.9. The van der Waals surface area contributed by atoms with Crippen LogP contribution in [0, 0.1) is 12.3 Å². The smallest absolute Gasteiger partial charge is 0.188 e. The van der Waals surface area contributed by atoms with Gasteiger partial charge in [-0.2, -0.15) is 0 Å². The second-order valence-corrected chi connectivity index (χ2v) is 5.21. The standard InChI is InChI=1S/C7H16N4.C7H11N3/c1-10-3-2-4-11(6-5-10)7(8)9;1-6-3-10-7(4-8-2)5-9-6/h2-6H2,1H3,(H3,8,9);3,5,8H,4H2,1-2H3. The van der Waals surface area contributed by atoms with Gasteiger partial charge in [0.25, 0.3) is 0 Å². The summed E-state index contributed by atoms with van der Waals surface area (Å²) in [6.45, 7) is 6.66. The molecule has 0 unspecified atom stereocenters. The first-order chi connectivity index (χ1) is 10.0. The zero-order chi connectivity index (χ0) is 15.7. The highest BCUT2D eigenvalue weighted by atomic mass is 15.3. The Balaban J connectivity index is 0.000000211. The summed E-state index contributed by atoms with van der Waals surface area (Å²) in [5.41, 5.74) is 7.31. The van der Waals surface area contributed by atoms with Crippen molar-refractivity contribution < 1.29 is 0 Å². The Morgan fingerprint density at radius 1 is 1.29 bits per heavy atom. The molecule has 0 bridgehead atoms. The molecule has 0 radical (unpaired) electrons. The van der Waals surface area contributed by atoms with Crippen molar-refractivity contribution in [3.05, 3.63) is 23.8 Å². The number of nitrogens with one attached hydrogen (secondary N) is 2. The largest absolute Gasteiger partial charge is 0.370 e. The number of rotatable bonds is 2. The fourth-order valence-corrected chi connectivity index (χ4v) is 1.98. The van der Waals surface area contributed by atoms with Crippen molar-refractivity contribution in [3.8, 4) is 0 Å². The highest BCUT2D eigenvalue weighted by Crippen LogP contribution is 1.99. The first-order valence-corrected chi connectivity index (χ1v) is 7.22. The van der Waals surface area contributed by atoms with E-state index in [0.717, 1.165) is 50.5 Å². The number of likely N-dealkylation sites (N-methyl/N-ethyl adjacent to an activating group) is 1. The molecule has 4 N–H and O–H groups in total. The Hall–Kier alpha value is -1.73. The summed E-state index contributed by atoms with van der Waals surface area (Å²) in [7, 11) is 3.99. The van der Waals surface area contributed by atoms with Crippen LogP contribution in [-0.4, -0.2) is 66.0 Å². The van der Waals surface area contributed by atoms with Gasteiger partial charge in [0, 0.05) is 38.6 Å². The van der Waals surface area contributed by atoms with Crippen LogP contribution in [0.5, 0.6) is 0 Å². The minimum absolute atomic E-state index is 0.209. The van der Waals surface area contributed by atoms with E-state index in [-0.39, 0.29) is 5.96 Å². The average Bonchev–Trinajstić information content (AvgIpc) is 2.67. The van der Waals surface area contributed by atoms with Gasteiger partial charge in [0.15, 0.2) is 5.96 Å². The van der Waals surface area contributed by atoms with E-state index in [1.54, 1.807) is 12.4 Å². The third kappa shape index (κ3) is 7.01. The molecular weight excluding hydrogens is 266 g/mol. The van der Waals surface area contributed by atoms with Crippen LogP contribution in [0.3, 0.4) is 0 Å². The van der Waals surface area contributed by atoms with Gasteiger partial charge in [0.1, 0.15) is 0 Å². The van der Waals surface area contributed by atoms with Crippen LogP contribution in [0.2, 0.25) is 0 Å². The lowest BCUT2D eigenvalue weighted by molar-refractivity contribution is 0.345. The Bertz CT molecular complexity index is 418. The van der Waals surface area contributed by atoms with Gasteiger partial charge in [0.05, 0.1) is 11.4 Å². The minimum atomic E-state index is 0.209. The van der Waals surface area contributed by atoms with Gasteiger partial charge in [-0.25, -0.2) is 0 Å². The number of guanidine groups is 1. The predicted molar refractivity (Wildman–Crippen MR) is 85.1 cm³/mol. The quantitative estimate of drug-likeness (QED) is 0.526. The van der Waals surface area contributed by atoms with E-state index in [2.05, 4.69) is 27.2 Å². The van der Waals surface area contributed by atoms with Crippen molar-refractivity contribution in [1.29, 1.82) is 5.41 Å². The molecule has 1 fully saturated rings. The summed E-state index contributed by atoms with van der Waals surface area (Å²) in [5, 5.41) is 10.2.